The number of hydrogen-bond donors (Lipinski definition) is 2. The van der Waals surface area contributed by atoms with E-state index in [1.807, 2.05) is 30.3 Å². The molecule has 2 N–H and O–H groups in total. The van der Waals surface area contributed by atoms with Gasteiger partial charge in [-0.3, -0.25) is 9.59 Å². The lowest BCUT2D eigenvalue weighted by Crippen LogP contribution is -2.34. The van der Waals surface area contributed by atoms with Gasteiger partial charge in [0.25, 0.3) is 5.91 Å². The van der Waals surface area contributed by atoms with E-state index < -0.39 is 17.3 Å². The predicted molar refractivity (Wildman–Crippen MR) is 73.0 cm³/mol. The molecule has 1 saturated carbocycles. The third-order valence-corrected chi connectivity index (χ3v) is 3.61. The van der Waals surface area contributed by atoms with Crippen LogP contribution in [0, 0.1) is 5.41 Å². The summed E-state index contributed by atoms with van der Waals surface area (Å²) in [7, 11) is 0. The van der Waals surface area contributed by atoms with E-state index in [1.165, 1.54) is 11.0 Å². The number of hydrogen-bond acceptors (Lipinski definition) is 4. The van der Waals surface area contributed by atoms with Crippen LogP contribution in [0.4, 0.5) is 0 Å². The lowest BCUT2D eigenvalue weighted by Gasteiger charge is -2.09. The average molecular weight is 286 g/mol. The van der Waals surface area contributed by atoms with Crippen molar-refractivity contribution in [3.8, 4) is 5.69 Å². The molecule has 1 amide bonds. The highest BCUT2D eigenvalue weighted by Crippen LogP contribution is 2.45. The molecule has 0 saturated heterocycles. The Bertz CT molecular complexity index is 677. The van der Waals surface area contributed by atoms with Crippen molar-refractivity contribution in [3.63, 3.8) is 0 Å². The molecule has 0 bridgehead atoms. The first-order chi connectivity index (χ1) is 10.1. The average Bonchev–Trinajstić information content (AvgIpc) is 3.14. The molecular weight excluding hydrogens is 272 g/mol. The number of nitrogens with zero attached hydrogens (tertiary/aromatic N) is 3. The Morgan fingerprint density at radius 2 is 2.00 bits per heavy atom. The van der Waals surface area contributed by atoms with Crippen LogP contribution in [-0.2, 0) is 4.79 Å². The first kappa shape index (κ1) is 13.3. The molecule has 1 aromatic heterocycles. The molecule has 7 heteroatoms. The van der Waals surface area contributed by atoms with Crippen molar-refractivity contribution in [1.82, 2.24) is 20.1 Å². The summed E-state index contributed by atoms with van der Waals surface area (Å²) in [5.41, 5.74) is 0.00531. The molecule has 2 aromatic rings. The molecule has 1 heterocycles. The molecule has 0 unspecified atom stereocenters. The number of carbonyl (C=O) groups excluding carboxylic acids is 1. The zero-order chi connectivity index (χ0) is 14.9. The lowest BCUT2D eigenvalue weighted by atomic mass is 10.1. The third kappa shape index (κ3) is 2.62. The number of amides is 1. The van der Waals surface area contributed by atoms with Crippen LogP contribution in [0.3, 0.4) is 0 Å². The van der Waals surface area contributed by atoms with E-state index in [1.54, 1.807) is 0 Å². The van der Waals surface area contributed by atoms with Crippen LogP contribution >= 0.6 is 0 Å². The summed E-state index contributed by atoms with van der Waals surface area (Å²) in [5.74, 6) is -1.30. The van der Waals surface area contributed by atoms with E-state index in [0.717, 1.165) is 5.69 Å². The fraction of sp³-hybridized carbons (Fsp3) is 0.286. The maximum atomic E-state index is 11.9. The minimum absolute atomic E-state index is 0.0278. The molecule has 0 radical (unpaired) electrons. The van der Waals surface area contributed by atoms with E-state index in [-0.39, 0.29) is 12.4 Å². The van der Waals surface area contributed by atoms with Crippen molar-refractivity contribution in [2.45, 2.75) is 12.8 Å². The first-order valence-electron chi connectivity index (χ1n) is 6.59. The number of nitrogens with one attached hydrogen (secondary N) is 1. The lowest BCUT2D eigenvalue weighted by molar-refractivity contribution is -0.143. The van der Waals surface area contributed by atoms with Crippen LogP contribution in [0.15, 0.2) is 36.7 Å². The summed E-state index contributed by atoms with van der Waals surface area (Å²) in [6.07, 6.45) is 2.64. The van der Waals surface area contributed by atoms with E-state index in [0.29, 0.717) is 12.8 Å². The fourth-order valence-electron chi connectivity index (χ4n) is 2.02. The van der Waals surface area contributed by atoms with Crippen LogP contribution < -0.4 is 5.32 Å². The van der Waals surface area contributed by atoms with Gasteiger partial charge in [0, 0.05) is 6.54 Å². The second-order valence-corrected chi connectivity index (χ2v) is 5.12. The molecule has 0 aliphatic heterocycles. The van der Waals surface area contributed by atoms with Crippen molar-refractivity contribution in [2.24, 2.45) is 5.41 Å². The summed E-state index contributed by atoms with van der Waals surface area (Å²) >= 11 is 0. The Balaban J connectivity index is 1.66. The Hall–Kier alpha value is -2.70. The molecule has 1 aromatic carbocycles. The van der Waals surface area contributed by atoms with E-state index >= 15 is 0 Å². The molecular formula is C14H14N4O3. The van der Waals surface area contributed by atoms with Crippen molar-refractivity contribution < 1.29 is 14.7 Å². The molecule has 3 rings (SSSR count). The Morgan fingerprint density at radius 3 is 2.62 bits per heavy atom. The summed E-state index contributed by atoms with van der Waals surface area (Å²) in [6, 6.07) is 9.30. The third-order valence-electron chi connectivity index (χ3n) is 3.61. The highest BCUT2D eigenvalue weighted by molar-refractivity contribution is 5.91. The normalized spacial score (nSPS) is 15.4. The molecule has 1 aliphatic carbocycles. The highest BCUT2D eigenvalue weighted by Gasteiger charge is 2.50. The second-order valence-electron chi connectivity index (χ2n) is 5.12. The van der Waals surface area contributed by atoms with Gasteiger partial charge in [0.15, 0.2) is 0 Å². The highest BCUT2D eigenvalue weighted by atomic mass is 16.4. The van der Waals surface area contributed by atoms with Gasteiger partial charge >= 0.3 is 5.97 Å². The van der Waals surface area contributed by atoms with Gasteiger partial charge < -0.3 is 10.4 Å². The van der Waals surface area contributed by atoms with Crippen LogP contribution in [0.2, 0.25) is 0 Å². The van der Waals surface area contributed by atoms with Gasteiger partial charge in [-0.2, -0.15) is 0 Å². The van der Waals surface area contributed by atoms with Gasteiger partial charge in [0.05, 0.1) is 11.1 Å². The van der Waals surface area contributed by atoms with Crippen molar-refractivity contribution in [3.05, 3.63) is 42.5 Å². The number of aromatic nitrogens is 3. The standard InChI is InChI=1S/C14H14N4O3/c19-12(15-8-14(6-7-14)13(20)21)11-16-9-18(17-11)10-4-2-1-3-5-10/h1-5,9H,6-8H2,(H,15,19)(H,20,21). The number of carboxylic acids is 1. The maximum absolute atomic E-state index is 11.9. The molecule has 21 heavy (non-hydrogen) atoms. The fourth-order valence-corrected chi connectivity index (χ4v) is 2.02. The van der Waals surface area contributed by atoms with Crippen LogP contribution in [0.5, 0.6) is 0 Å². The van der Waals surface area contributed by atoms with Gasteiger partial charge in [0.1, 0.15) is 6.33 Å². The smallest absolute Gasteiger partial charge is 0.311 e. The van der Waals surface area contributed by atoms with E-state index in [2.05, 4.69) is 15.4 Å². The molecule has 108 valence electrons. The molecule has 1 fully saturated rings. The number of aliphatic carboxylic acids is 1. The molecule has 0 atom stereocenters. The Kier molecular flexibility index (Phi) is 3.17. The number of carboxylic acid groups (broad SMARTS) is 1. The SMILES string of the molecule is O=C(NCC1(C(=O)O)CC1)c1ncn(-c2ccccc2)n1. The molecule has 7 nitrogen and oxygen atoms in total. The quantitative estimate of drug-likeness (QED) is 0.849. The van der Waals surface area contributed by atoms with Crippen LogP contribution in [-0.4, -0.2) is 38.3 Å². The summed E-state index contributed by atoms with van der Waals surface area (Å²) in [6.45, 7) is 0.112. The molecule has 1 aliphatic rings. The second kappa shape index (κ2) is 5.01. The zero-order valence-corrected chi connectivity index (χ0v) is 11.2. The largest absolute Gasteiger partial charge is 0.481 e. The number of para-hydroxylation sites is 1. The van der Waals surface area contributed by atoms with Crippen molar-refractivity contribution >= 4 is 11.9 Å². The van der Waals surface area contributed by atoms with Gasteiger partial charge in [-0.15, -0.1) is 5.10 Å². The molecule has 0 spiro atoms. The van der Waals surface area contributed by atoms with Crippen LogP contribution in [0.25, 0.3) is 5.69 Å². The minimum Gasteiger partial charge on any atom is -0.481 e. The Labute approximate surface area is 120 Å². The number of rotatable bonds is 5. The van der Waals surface area contributed by atoms with Gasteiger partial charge in [-0.05, 0) is 25.0 Å². The van der Waals surface area contributed by atoms with Crippen LogP contribution in [0.1, 0.15) is 23.5 Å². The monoisotopic (exact) mass is 286 g/mol. The summed E-state index contributed by atoms with van der Waals surface area (Å²) in [4.78, 5) is 26.9. The van der Waals surface area contributed by atoms with Gasteiger partial charge in [-0.1, -0.05) is 18.2 Å². The van der Waals surface area contributed by atoms with Crippen molar-refractivity contribution in [1.29, 1.82) is 0 Å². The minimum atomic E-state index is -0.870. The van der Waals surface area contributed by atoms with Crippen molar-refractivity contribution in [2.75, 3.05) is 6.54 Å². The number of benzene rings is 1. The predicted octanol–water partition coefficient (Wildman–Crippen LogP) is 0.862. The summed E-state index contributed by atoms with van der Waals surface area (Å²) < 4.78 is 1.50. The topological polar surface area (TPSA) is 97.1 Å². The summed E-state index contributed by atoms with van der Waals surface area (Å²) in [5, 5.41) is 15.7. The van der Waals surface area contributed by atoms with Gasteiger partial charge in [0.2, 0.25) is 5.82 Å². The van der Waals surface area contributed by atoms with E-state index in [9.17, 15) is 9.59 Å². The van der Waals surface area contributed by atoms with Gasteiger partial charge in [-0.25, -0.2) is 9.67 Å². The number of carbonyl (C=O) groups is 2. The zero-order valence-electron chi connectivity index (χ0n) is 11.2. The Morgan fingerprint density at radius 1 is 1.29 bits per heavy atom. The van der Waals surface area contributed by atoms with E-state index in [4.69, 9.17) is 5.11 Å². The first-order valence-corrected chi connectivity index (χ1v) is 6.59. The maximum Gasteiger partial charge on any atom is 0.311 e.